The zero-order valence-electron chi connectivity index (χ0n) is 16.8. The first kappa shape index (κ1) is 19.8. The highest BCUT2D eigenvalue weighted by Crippen LogP contribution is 2.25. The van der Waals surface area contributed by atoms with Gasteiger partial charge in [0.25, 0.3) is 5.91 Å². The zero-order chi connectivity index (χ0) is 20.9. The summed E-state index contributed by atoms with van der Waals surface area (Å²) in [5.74, 6) is 0.723. The lowest BCUT2D eigenvalue weighted by atomic mass is 10.2. The first-order chi connectivity index (χ1) is 14.7. The Kier molecular flexibility index (Phi) is 5.90. The fourth-order valence-electron chi connectivity index (χ4n) is 3.41. The van der Waals surface area contributed by atoms with Crippen molar-refractivity contribution in [1.82, 2.24) is 19.1 Å². The number of carbonyl (C=O) groups is 1. The Morgan fingerprint density at radius 3 is 2.03 bits per heavy atom. The van der Waals surface area contributed by atoms with E-state index in [2.05, 4.69) is 12.0 Å². The summed E-state index contributed by atoms with van der Waals surface area (Å²) in [6.45, 7) is 2.15. The zero-order valence-corrected chi connectivity index (χ0v) is 17.6. The van der Waals surface area contributed by atoms with Gasteiger partial charge in [-0.3, -0.25) is 14.4 Å². The first-order valence-electron chi connectivity index (χ1n) is 9.94. The monoisotopic (exact) mass is 417 g/mol. The van der Waals surface area contributed by atoms with Gasteiger partial charge in [-0.25, -0.2) is 9.36 Å². The molecule has 0 saturated carbocycles. The molecule has 1 amide bonds. The van der Waals surface area contributed by atoms with Crippen LogP contribution in [0.25, 0.3) is 0 Å². The summed E-state index contributed by atoms with van der Waals surface area (Å²) in [7, 11) is 0. The van der Waals surface area contributed by atoms with Crippen LogP contribution in [0.2, 0.25) is 0 Å². The molecule has 7 heteroatoms. The Bertz CT molecular complexity index is 1120. The van der Waals surface area contributed by atoms with Gasteiger partial charge < -0.3 is 0 Å². The molecule has 0 saturated heterocycles. The molecule has 0 spiro atoms. The summed E-state index contributed by atoms with van der Waals surface area (Å²) < 4.78 is 5.88. The second kappa shape index (κ2) is 8.92. The predicted octanol–water partition coefficient (Wildman–Crippen LogP) is 4.84. The van der Waals surface area contributed by atoms with E-state index in [0.29, 0.717) is 4.77 Å². The van der Waals surface area contributed by atoms with Gasteiger partial charge in [0.15, 0.2) is 5.82 Å². The number of para-hydroxylation sites is 2. The van der Waals surface area contributed by atoms with E-state index < -0.39 is 0 Å². The lowest BCUT2D eigenvalue weighted by molar-refractivity contribution is -0.118. The number of aromatic nitrogens is 4. The number of aryl methyl sites for hydroxylation is 1. The van der Waals surface area contributed by atoms with Gasteiger partial charge in [-0.15, -0.1) is 0 Å². The molecule has 4 aromatic rings. The average molecular weight is 418 g/mol. The van der Waals surface area contributed by atoms with Crippen LogP contribution < -0.4 is 4.90 Å². The molecule has 0 aliphatic carbocycles. The van der Waals surface area contributed by atoms with E-state index in [1.165, 1.54) is 0 Å². The molecule has 0 atom stereocenters. The number of carbonyl (C=O) groups excluding carboxylic acids is 1. The highest BCUT2D eigenvalue weighted by Gasteiger charge is 2.21. The molecule has 0 bridgehead atoms. The number of amides is 1. The molecule has 0 N–H and O–H groups in total. The largest absolute Gasteiger partial charge is 0.279 e. The van der Waals surface area contributed by atoms with E-state index in [-0.39, 0.29) is 12.5 Å². The van der Waals surface area contributed by atoms with Gasteiger partial charge in [0.2, 0.25) is 4.77 Å². The van der Waals surface area contributed by atoms with Crippen molar-refractivity contribution in [2.75, 3.05) is 4.90 Å². The molecule has 4 rings (SSSR count). The summed E-state index contributed by atoms with van der Waals surface area (Å²) in [6, 6.07) is 23.1. The quantitative estimate of drug-likeness (QED) is 0.404. The van der Waals surface area contributed by atoms with Gasteiger partial charge in [0, 0.05) is 30.2 Å². The van der Waals surface area contributed by atoms with E-state index in [1.807, 2.05) is 94.5 Å². The second-order valence-corrected chi connectivity index (χ2v) is 7.25. The lowest BCUT2D eigenvalue weighted by Crippen LogP contribution is -2.30. The molecule has 2 heterocycles. The normalized spacial score (nSPS) is 10.8. The summed E-state index contributed by atoms with van der Waals surface area (Å²) >= 11 is 5.69. The molecule has 0 aliphatic heterocycles. The van der Waals surface area contributed by atoms with Gasteiger partial charge in [0.05, 0.1) is 0 Å². The Balaban J connectivity index is 1.71. The fourth-order valence-corrected chi connectivity index (χ4v) is 3.71. The smallest absolute Gasteiger partial charge is 0.253 e. The number of hydrogen-bond acceptors (Lipinski definition) is 3. The topological polar surface area (TPSA) is 48.0 Å². The van der Waals surface area contributed by atoms with Crippen LogP contribution >= 0.6 is 12.2 Å². The third-order valence-electron chi connectivity index (χ3n) is 4.74. The lowest BCUT2D eigenvalue weighted by Gasteiger charge is -2.23. The average Bonchev–Trinajstić information content (AvgIpc) is 3.39. The van der Waals surface area contributed by atoms with E-state index in [0.717, 1.165) is 30.0 Å². The van der Waals surface area contributed by atoms with Crippen molar-refractivity contribution in [3.63, 3.8) is 0 Å². The third-order valence-corrected chi connectivity index (χ3v) is 5.12. The Hall–Kier alpha value is -3.45. The van der Waals surface area contributed by atoms with Crippen molar-refractivity contribution in [1.29, 1.82) is 0 Å². The summed E-state index contributed by atoms with van der Waals surface area (Å²) in [6.07, 6.45) is 5.54. The van der Waals surface area contributed by atoms with Crippen molar-refractivity contribution >= 4 is 29.5 Å². The van der Waals surface area contributed by atoms with Crippen LogP contribution in [0.1, 0.15) is 19.2 Å². The number of anilines is 2. The van der Waals surface area contributed by atoms with Crippen LogP contribution in [-0.2, 0) is 17.8 Å². The molecular weight excluding hydrogens is 394 g/mol. The molecule has 2 aromatic carbocycles. The van der Waals surface area contributed by atoms with Gasteiger partial charge >= 0.3 is 0 Å². The standard InChI is InChI=1S/C23H23N5OS/c1-2-11-21-24-26(23(30)28(21)25-16-9-10-17-25)18-22(29)27(19-12-5-3-6-13-19)20-14-7-4-8-15-20/h3-10,12-17H,2,11,18H2,1H3. The fraction of sp³-hybridized carbons (Fsp3) is 0.174. The van der Waals surface area contributed by atoms with E-state index in [4.69, 9.17) is 12.2 Å². The maximum Gasteiger partial charge on any atom is 0.253 e. The minimum absolute atomic E-state index is 0.0492. The molecule has 0 radical (unpaired) electrons. The predicted molar refractivity (Wildman–Crippen MR) is 120 cm³/mol. The summed E-state index contributed by atoms with van der Waals surface area (Å²) in [5, 5.41) is 4.67. The molecule has 0 aliphatic rings. The number of hydrogen-bond donors (Lipinski definition) is 0. The molecule has 0 fully saturated rings. The number of rotatable bonds is 7. The SMILES string of the molecule is CCCc1nn(CC(=O)N(c2ccccc2)c2ccccc2)c(=S)n1-n1cccc1. The van der Waals surface area contributed by atoms with Crippen molar-refractivity contribution in [3.8, 4) is 0 Å². The molecule has 152 valence electrons. The van der Waals surface area contributed by atoms with E-state index in [9.17, 15) is 4.79 Å². The minimum Gasteiger partial charge on any atom is -0.279 e. The molecule has 0 unspecified atom stereocenters. The highest BCUT2D eigenvalue weighted by atomic mass is 32.1. The molecule has 2 aromatic heterocycles. The van der Waals surface area contributed by atoms with Crippen molar-refractivity contribution in [3.05, 3.63) is 95.8 Å². The molecule has 30 heavy (non-hydrogen) atoms. The van der Waals surface area contributed by atoms with Crippen LogP contribution in [0.5, 0.6) is 0 Å². The number of benzene rings is 2. The molecule has 6 nitrogen and oxygen atoms in total. The van der Waals surface area contributed by atoms with Gasteiger partial charge in [-0.05, 0) is 55.0 Å². The van der Waals surface area contributed by atoms with Crippen molar-refractivity contribution in [2.45, 2.75) is 26.3 Å². The minimum atomic E-state index is -0.108. The third kappa shape index (κ3) is 3.97. The van der Waals surface area contributed by atoms with Crippen LogP contribution in [0, 0.1) is 4.77 Å². The van der Waals surface area contributed by atoms with E-state index in [1.54, 1.807) is 9.58 Å². The maximum absolute atomic E-state index is 13.4. The van der Waals surface area contributed by atoms with Gasteiger partial charge in [-0.1, -0.05) is 43.3 Å². The van der Waals surface area contributed by atoms with Gasteiger partial charge in [-0.2, -0.15) is 5.10 Å². The second-order valence-electron chi connectivity index (χ2n) is 6.88. The highest BCUT2D eigenvalue weighted by molar-refractivity contribution is 7.71. The van der Waals surface area contributed by atoms with Crippen molar-refractivity contribution < 1.29 is 4.79 Å². The van der Waals surface area contributed by atoms with Crippen LogP contribution in [0.15, 0.2) is 85.2 Å². The molecular formula is C23H23N5OS. The summed E-state index contributed by atoms with van der Waals surface area (Å²) in [4.78, 5) is 15.1. The van der Waals surface area contributed by atoms with E-state index >= 15 is 0 Å². The first-order valence-corrected chi connectivity index (χ1v) is 10.3. The summed E-state index contributed by atoms with van der Waals surface area (Å²) in [5.41, 5.74) is 1.61. The Morgan fingerprint density at radius 1 is 0.933 bits per heavy atom. The van der Waals surface area contributed by atoms with Crippen LogP contribution in [0.4, 0.5) is 11.4 Å². The van der Waals surface area contributed by atoms with Crippen LogP contribution in [-0.4, -0.2) is 25.0 Å². The Morgan fingerprint density at radius 2 is 1.50 bits per heavy atom. The van der Waals surface area contributed by atoms with Crippen molar-refractivity contribution in [2.24, 2.45) is 0 Å². The van der Waals surface area contributed by atoms with Gasteiger partial charge in [0.1, 0.15) is 6.54 Å². The van der Waals surface area contributed by atoms with Crippen LogP contribution in [0.3, 0.4) is 0 Å². The maximum atomic E-state index is 13.4. The number of nitrogens with zero attached hydrogens (tertiary/aromatic N) is 5. The Labute approximate surface area is 180 Å².